The molecule has 122 valence electrons. The molecule has 2 nitrogen and oxygen atoms in total. The maximum Gasteiger partial charge on any atom is 0.0661 e. The summed E-state index contributed by atoms with van der Waals surface area (Å²) < 4.78 is 2.21. The molecule has 1 aromatic heterocycles. The van der Waals surface area contributed by atoms with E-state index in [4.69, 9.17) is 16.6 Å². The highest BCUT2D eigenvalue weighted by Crippen LogP contribution is 2.24. The van der Waals surface area contributed by atoms with Gasteiger partial charge in [0.1, 0.15) is 0 Å². The van der Waals surface area contributed by atoms with Crippen molar-refractivity contribution in [2.45, 2.75) is 27.2 Å². The molecule has 0 aliphatic heterocycles. The third-order valence-electron chi connectivity index (χ3n) is 4.25. The summed E-state index contributed by atoms with van der Waals surface area (Å²) in [7, 11) is 0. The number of rotatable bonds is 4. The Morgan fingerprint density at radius 3 is 2.58 bits per heavy atom. The number of aromatic nitrogens is 1. The Hall–Kier alpha value is -2.32. The van der Waals surface area contributed by atoms with Gasteiger partial charge in [-0.3, -0.25) is 4.99 Å². The van der Waals surface area contributed by atoms with E-state index in [0.29, 0.717) is 0 Å². The van der Waals surface area contributed by atoms with Gasteiger partial charge in [0.2, 0.25) is 0 Å². The van der Waals surface area contributed by atoms with E-state index in [9.17, 15) is 0 Å². The van der Waals surface area contributed by atoms with Crippen LogP contribution in [0.1, 0.15) is 29.4 Å². The molecular formula is C21H21ClN2. The van der Waals surface area contributed by atoms with E-state index in [1.165, 1.54) is 11.3 Å². The lowest BCUT2D eigenvalue weighted by atomic mass is 10.1. The largest absolute Gasteiger partial charge is 0.318 e. The first-order valence-electron chi connectivity index (χ1n) is 8.17. The number of halogens is 1. The number of nitrogens with zero attached hydrogens (tertiary/aromatic N) is 2. The minimum Gasteiger partial charge on any atom is -0.318 e. The SMILES string of the molecule is CCc1ccccc1N=Cc1cc(C)n(-c2cccc(Cl)c2)c1C. The molecule has 3 heteroatoms. The van der Waals surface area contributed by atoms with Crippen LogP contribution in [0.2, 0.25) is 5.02 Å². The Morgan fingerprint density at radius 1 is 1.04 bits per heavy atom. The summed E-state index contributed by atoms with van der Waals surface area (Å²) in [5.74, 6) is 0. The van der Waals surface area contributed by atoms with Gasteiger partial charge in [0.05, 0.1) is 5.69 Å². The number of para-hydroxylation sites is 1. The van der Waals surface area contributed by atoms with Crippen molar-refractivity contribution in [3.63, 3.8) is 0 Å². The van der Waals surface area contributed by atoms with Gasteiger partial charge in [-0.25, -0.2) is 0 Å². The van der Waals surface area contributed by atoms with Crippen molar-refractivity contribution in [2.24, 2.45) is 4.99 Å². The van der Waals surface area contributed by atoms with Crippen molar-refractivity contribution in [3.05, 3.63) is 82.1 Å². The molecular weight excluding hydrogens is 316 g/mol. The summed E-state index contributed by atoms with van der Waals surface area (Å²) in [4.78, 5) is 4.71. The first kappa shape index (κ1) is 16.5. The van der Waals surface area contributed by atoms with E-state index in [2.05, 4.69) is 55.7 Å². The lowest BCUT2D eigenvalue weighted by Gasteiger charge is -2.09. The van der Waals surface area contributed by atoms with E-state index in [1.54, 1.807) is 0 Å². The number of hydrogen-bond donors (Lipinski definition) is 0. The van der Waals surface area contributed by atoms with Crippen LogP contribution in [0.3, 0.4) is 0 Å². The van der Waals surface area contributed by atoms with Gasteiger partial charge in [0.25, 0.3) is 0 Å². The molecule has 2 aromatic carbocycles. The van der Waals surface area contributed by atoms with Gasteiger partial charge in [-0.15, -0.1) is 0 Å². The molecule has 0 spiro atoms. The maximum atomic E-state index is 6.14. The molecule has 0 radical (unpaired) electrons. The Balaban J connectivity index is 1.99. The van der Waals surface area contributed by atoms with Crippen molar-refractivity contribution < 1.29 is 0 Å². The smallest absolute Gasteiger partial charge is 0.0661 e. The fraction of sp³-hybridized carbons (Fsp3) is 0.190. The molecule has 1 heterocycles. The van der Waals surface area contributed by atoms with Crippen LogP contribution in [0.25, 0.3) is 5.69 Å². The van der Waals surface area contributed by atoms with E-state index in [0.717, 1.165) is 34.1 Å². The van der Waals surface area contributed by atoms with Gasteiger partial charge < -0.3 is 4.57 Å². The zero-order valence-corrected chi connectivity index (χ0v) is 15.0. The van der Waals surface area contributed by atoms with Crippen LogP contribution in [0.5, 0.6) is 0 Å². The van der Waals surface area contributed by atoms with E-state index >= 15 is 0 Å². The summed E-state index contributed by atoms with van der Waals surface area (Å²) in [6.07, 6.45) is 2.94. The fourth-order valence-corrected chi connectivity index (χ4v) is 3.19. The quantitative estimate of drug-likeness (QED) is 0.515. The Bertz CT molecular complexity index is 891. The molecule has 0 atom stereocenters. The fourth-order valence-electron chi connectivity index (χ4n) is 3.01. The Morgan fingerprint density at radius 2 is 1.83 bits per heavy atom. The molecule has 0 bridgehead atoms. The first-order valence-corrected chi connectivity index (χ1v) is 8.54. The van der Waals surface area contributed by atoms with Crippen molar-refractivity contribution in [1.29, 1.82) is 0 Å². The van der Waals surface area contributed by atoms with Crippen LogP contribution in [0, 0.1) is 13.8 Å². The van der Waals surface area contributed by atoms with Crippen LogP contribution in [-0.4, -0.2) is 10.8 Å². The van der Waals surface area contributed by atoms with Crippen molar-refractivity contribution in [1.82, 2.24) is 4.57 Å². The van der Waals surface area contributed by atoms with Gasteiger partial charge >= 0.3 is 0 Å². The molecule has 0 aliphatic rings. The molecule has 0 unspecified atom stereocenters. The molecule has 3 aromatic rings. The first-order chi connectivity index (χ1) is 11.6. The highest BCUT2D eigenvalue weighted by atomic mass is 35.5. The van der Waals surface area contributed by atoms with Crippen molar-refractivity contribution >= 4 is 23.5 Å². The van der Waals surface area contributed by atoms with Crippen LogP contribution < -0.4 is 0 Å². The summed E-state index contributed by atoms with van der Waals surface area (Å²) in [5, 5.41) is 0.743. The van der Waals surface area contributed by atoms with Crippen molar-refractivity contribution in [2.75, 3.05) is 0 Å². The highest BCUT2D eigenvalue weighted by Gasteiger charge is 2.09. The zero-order chi connectivity index (χ0) is 17.1. The number of hydrogen-bond acceptors (Lipinski definition) is 1. The third-order valence-corrected chi connectivity index (χ3v) is 4.49. The van der Waals surface area contributed by atoms with Crippen molar-refractivity contribution in [3.8, 4) is 5.69 Å². The van der Waals surface area contributed by atoms with E-state index in [1.807, 2.05) is 30.5 Å². The Labute approximate surface area is 148 Å². The van der Waals surface area contributed by atoms with E-state index < -0.39 is 0 Å². The van der Waals surface area contributed by atoms with Gasteiger partial charge in [0.15, 0.2) is 0 Å². The third kappa shape index (κ3) is 3.29. The minimum absolute atomic E-state index is 0.743. The highest BCUT2D eigenvalue weighted by molar-refractivity contribution is 6.30. The molecule has 3 rings (SSSR count). The lowest BCUT2D eigenvalue weighted by Crippen LogP contribution is -1.99. The minimum atomic E-state index is 0.743. The topological polar surface area (TPSA) is 17.3 Å². The maximum absolute atomic E-state index is 6.14. The van der Waals surface area contributed by atoms with Gasteiger partial charge in [-0.05, 0) is 56.2 Å². The molecule has 0 saturated heterocycles. The zero-order valence-electron chi connectivity index (χ0n) is 14.3. The van der Waals surface area contributed by atoms with Crippen LogP contribution in [0.15, 0.2) is 59.6 Å². The molecule has 0 saturated carbocycles. The predicted molar refractivity (Wildman–Crippen MR) is 103 cm³/mol. The number of benzene rings is 2. The van der Waals surface area contributed by atoms with E-state index in [-0.39, 0.29) is 0 Å². The summed E-state index contributed by atoms with van der Waals surface area (Å²) in [6.45, 7) is 6.37. The summed E-state index contributed by atoms with van der Waals surface area (Å²) in [5.41, 5.74) is 6.82. The average Bonchev–Trinajstić information content (AvgIpc) is 2.87. The molecule has 24 heavy (non-hydrogen) atoms. The van der Waals surface area contributed by atoms with Crippen LogP contribution in [0.4, 0.5) is 5.69 Å². The van der Waals surface area contributed by atoms with Crippen LogP contribution >= 0.6 is 11.6 Å². The second-order valence-corrected chi connectivity index (χ2v) is 6.32. The molecule has 0 N–H and O–H groups in total. The second kappa shape index (κ2) is 7.06. The normalized spacial score (nSPS) is 11.3. The Kier molecular flexibility index (Phi) is 4.86. The summed E-state index contributed by atoms with van der Waals surface area (Å²) in [6, 6.07) is 18.4. The predicted octanol–water partition coefficient (Wildman–Crippen LogP) is 6.06. The second-order valence-electron chi connectivity index (χ2n) is 5.88. The molecule has 0 fully saturated rings. The standard InChI is InChI=1S/C21H21ClN2/c1-4-17-8-5-6-11-21(17)23-14-18-12-15(2)24(16(18)3)20-10-7-9-19(22)13-20/h5-14H,4H2,1-3H3. The average molecular weight is 337 g/mol. The number of aliphatic imine (C=N–C) groups is 1. The number of aryl methyl sites for hydroxylation is 2. The molecule has 0 aliphatic carbocycles. The summed E-state index contributed by atoms with van der Waals surface area (Å²) >= 11 is 6.14. The lowest BCUT2D eigenvalue weighted by molar-refractivity contribution is 0.965. The van der Waals surface area contributed by atoms with Gasteiger partial charge in [-0.1, -0.05) is 42.8 Å². The molecule has 0 amide bonds. The van der Waals surface area contributed by atoms with Gasteiger partial charge in [-0.2, -0.15) is 0 Å². The van der Waals surface area contributed by atoms with Crippen LogP contribution in [-0.2, 0) is 6.42 Å². The van der Waals surface area contributed by atoms with Gasteiger partial charge in [0, 0.05) is 33.9 Å². The monoisotopic (exact) mass is 336 g/mol.